The summed E-state index contributed by atoms with van der Waals surface area (Å²) in [7, 11) is 0. The molecule has 0 aromatic heterocycles. The summed E-state index contributed by atoms with van der Waals surface area (Å²) in [5.41, 5.74) is 0. The van der Waals surface area contributed by atoms with Crippen LogP contribution in [0.25, 0.3) is 0 Å². The van der Waals surface area contributed by atoms with E-state index in [9.17, 15) is 0 Å². The van der Waals surface area contributed by atoms with E-state index in [1.54, 1.807) is 0 Å². The second kappa shape index (κ2) is 185. The molecule has 0 saturated carbocycles. The van der Waals surface area contributed by atoms with Gasteiger partial charge >= 0.3 is 89.7 Å². The fourth-order valence-electron chi connectivity index (χ4n) is 0. The fraction of sp³-hybridized carbons (Fsp3) is 0. The molecule has 0 aliphatic heterocycles. The zero-order valence-electron chi connectivity index (χ0n) is 5.18. The van der Waals surface area contributed by atoms with Crippen molar-refractivity contribution >= 4 is 37.7 Å². The zero-order chi connectivity index (χ0) is 0. The van der Waals surface area contributed by atoms with Crippen LogP contribution in [0.4, 0.5) is 4.70 Å². The van der Waals surface area contributed by atoms with Gasteiger partial charge in [-0.15, -0.1) is 0 Å². The molecular formula is H5CaFNaO6Ta. The van der Waals surface area contributed by atoms with Crippen molar-refractivity contribution in [2.45, 2.75) is 0 Å². The first kappa shape index (κ1) is 240. The molecular weight excluding hydrogens is 359 g/mol. The zero-order valence-corrected chi connectivity index (χ0v) is 12.6. The van der Waals surface area contributed by atoms with E-state index >= 15 is 0 Å². The van der Waals surface area contributed by atoms with E-state index in [4.69, 9.17) is 0 Å². The van der Waals surface area contributed by atoms with Crippen LogP contribution >= 0.6 is 0 Å². The summed E-state index contributed by atoms with van der Waals surface area (Å²) in [6, 6.07) is 0. The second-order valence-electron chi connectivity index (χ2n) is 0. The fourth-order valence-corrected chi connectivity index (χ4v) is 0. The SMILES string of the molecule is F.O.[Ca+2].[Na+].[O-2].[O-2].[O-2].[OH-].[OH-].[Ta+5]. The van der Waals surface area contributed by atoms with Gasteiger partial charge in [0.1, 0.15) is 0 Å². The Morgan fingerprint density at radius 1 is 0.700 bits per heavy atom. The van der Waals surface area contributed by atoms with Gasteiger partial charge in [-0.1, -0.05) is 0 Å². The maximum Gasteiger partial charge on any atom is 5.00 e. The van der Waals surface area contributed by atoms with Crippen LogP contribution in [0.3, 0.4) is 0 Å². The molecule has 10 heteroatoms. The van der Waals surface area contributed by atoms with Crippen molar-refractivity contribution in [3.8, 4) is 0 Å². The molecule has 0 fully saturated rings. The Balaban J connectivity index is 0. The Hall–Kier alpha value is 2.69. The largest absolute Gasteiger partial charge is 5.00 e. The molecule has 0 aromatic carbocycles. The van der Waals surface area contributed by atoms with Crippen LogP contribution in [0.15, 0.2) is 0 Å². The van der Waals surface area contributed by atoms with Gasteiger partial charge in [-0.3, -0.25) is 4.70 Å². The number of hydrogen-bond donors (Lipinski definition) is 0. The van der Waals surface area contributed by atoms with Gasteiger partial charge in [0, 0.05) is 0 Å². The summed E-state index contributed by atoms with van der Waals surface area (Å²) in [4.78, 5) is 0. The van der Waals surface area contributed by atoms with Crippen LogP contribution in [0.1, 0.15) is 0 Å². The molecule has 0 aliphatic carbocycles. The quantitative estimate of drug-likeness (QED) is 0.392. The molecule has 0 bridgehead atoms. The van der Waals surface area contributed by atoms with E-state index in [0.717, 1.165) is 0 Å². The molecule has 0 heterocycles. The van der Waals surface area contributed by atoms with Crippen molar-refractivity contribution in [1.82, 2.24) is 0 Å². The summed E-state index contributed by atoms with van der Waals surface area (Å²) in [5.74, 6) is 0. The molecule has 0 radical (unpaired) electrons. The molecule has 6 nitrogen and oxygen atoms in total. The summed E-state index contributed by atoms with van der Waals surface area (Å²) in [5, 5.41) is 0. The van der Waals surface area contributed by atoms with Crippen molar-refractivity contribution in [3.05, 3.63) is 0 Å². The van der Waals surface area contributed by atoms with Crippen LogP contribution < -0.4 is 29.6 Å². The second-order valence-corrected chi connectivity index (χ2v) is 0. The van der Waals surface area contributed by atoms with Crippen LogP contribution in [0, 0.1) is 0 Å². The number of halogens is 1. The van der Waals surface area contributed by atoms with E-state index < -0.39 is 0 Å². The Morgan fingerprint density at radius 2 is 0.700 bits per heavy atom. The van der Waals surface area contributed by atoms with Gasteiger partial charge in [0.2, 0.25) is 0 Å². The molecule has 0 aromatic rings. The number of hydrogen-bond acceptors (Lipinski definition) is 2. The minimum absolute atomic E-state index is 0. The van der Waals surface area contributed by atoms with Crippen molar-refractivity contribution in [2.75, 3.05) is 0 Å². The molecule has 0 aliphatic rings. The van der Waals surface area contributed by atoms with Crippen LogP contribution in [-0.4, -0.2) is 54.2 Å². The Bertz CT molecular complexity index is 17.7. The molecule has 0 spiro atoms. The molecule has 0 saturated heterocycles. The van der Waals surface area contributed by atoms with Gasteiger partial charge < -0.3 is 32.9 Å². The van der Waals surface area contributed by atoms with Crippen LogP contribution in [-0.2, 0) is 38.8 Å². The summed E-state index contributed by atoms with van der Waals surface area (Å²) in [6.45, 7) is 0. The van der Waals surface area contributed by atoms with Crippen LogP contribution in [0.2, 0.25) is 0 Å². The summed E-state index contributed by atoms with van der Waals surface area (Å²) in [6.07, 6.45) is 0. The first-order valence-corrected chi connectivity index (χ1v) is 0. The predicted molar refractivity (Wildman–Crippen MR) is 17.8 cm³/mol. The van der Waals surface area contributed by atoms with Gasteiger partial charge in [0.15, 0.2) is 0 Å². The standard InChI is InChI=1S/Ca.FH.Na.3H2O.3O.Ta/h;1H;;3*1H2;;;;/q+2;;+1;;;;3*-2;+5/p-2. The Kier molecular flexibility index (Phi) is 4420. The molecule has 56 valence electrons. The number of rotatable bonds is 0. The first-order chi connectivity index (χ1) is 0. The molecule has 0 rings (SSSR count). The first-order valence-electron chi connectivity index (χ1n) is 0. The summed E-state index contributed by atoms with van der Waals surface area (Å²) < 4.78 is 0. The average molecular weight is 364 g/mol. The third-order valence-electron chi connectivity index (χ3n) is 0. The van der Waals surface area contributed by atoms with E-state index in [-0.39, 0.29) is 127 Å². The average Bonchev–Trinajstić information content (AvgIpc) is 0. The monoisotopic (exact) mass is 364 g/mol. The van der Waals surface area contributed by atoms with E-state index in [1.807, 2.05) is 0 Å². The van der Waals surface area contributed by atoms with Gasteiger partial charge in [0.25, 0.3) is 0 Å². The molecule has 0 atom stereocenters. The normalized spacial score (nSPS) is 0. The topological polar surface area (TPSA) is 177 Å². The molecule has 4 N–H and O–H groups in total. The van der Waals surface area contributed by atoms with Crippen molar-refractivity contribution in [2.24, 2.45) is 0 Å². The van der Waals surface area contributed by atoms with Crippen LogP contribution in [0.5, 0.6) is 0 Å². The third kappa shape index (κ3) is 139. The summed E-state index contributed by atoms with van der Waals surface area (Å²) >= 11 is 0. The van der Waals surface area contributed by atoms with E-state index in [1.165, 1.54) is 0 Å². The van der Waals surface area contributed by atoms with E-state index in [0.29, 0.717) is 0 Å². The molecule has 0 unspecified atom stereocenters. The Labute approximate surface area is 125 Å². The smallest absolute Gasteiger partial charge is 2.00 e. The maximum atomic E-state index is 0. The maximum absolute atomic E-state index is 0. The van der Waals surface area contributed by atoms with Gasteiger partial charge in [0.05, 0.1) is 0 Å². The predicted octanol–water partition coefficient (Wildman–Crippen LogP) is -4.76. The minimum Gasteiger partial charge on any atom is -2.00 e. The van der Waals surface area contributed by atoms with Gasteiger partial charge in [-0.25, -0.2) is 0 Å². The van der Waals surface area contributed by atoms with Crippen molar-refractivity contribution in [3.63, 3.8) is 0 Å². The minimum atomic E-state index is 0. The Morgan fingerprint density at radius 3 is 0.700 bits per heavy atom. The van der Waals surface area contributed by atoms with Crippen molar-refractivity contribution in [1.29, 1.82) is 0 Å². The van der Waals surface area contributed by atoms with E-state index in [2.05, 4.69) is 0 Å². The van der Waals surface area contributed by atoms with Gasteiger partial charge in [-0.05, 0) is 0 Å². The third-order valence-corrected chi connectivity index (χ3v) is 0. The van der Waals surface area contributed by atoms with Gasteiger partial charge in [-0.2, -0.15) is 0 Å². The van der Waals surface area contributed by atoms with Crippen molar-refractivity contribution < 1.29 is 89.5 Å². The molecule has 10 heavy (non-hydrogen) atoms. The molecule has 0 amide bonds.